The van der Waals surface area contributed by atoms with E-state index in [1.54, 1.807) is 0 Å². The van der Waals surface area contributed by atoms with Crippen molar-refractivity contribution < 1.29 is 0 Å². The van der Waals surface area contributed by atoms with Crippen molar-refractivity contribution in [2.24, 2.45) is 0 Å². The molecule has 74 valence electrons. The molecule has 2 heterocycles. The van der Waals surface area contributed by atoms with Gasteiger partial charge >= 0.3 is 0 Å². The van der Waals surface area contributed by atoms with Crippen LogP contribution in [0.2, 0.25) is 0 Å². The molecule has 2 nitrogen and oxygen atoms in total. The van der Waals surface area contributed by atoms with E-state index in [0.29, 0.717) is 4.87 Å². The first-order chi connectivity index (χ1) is 6.29. The number of hydrogen-bond acceptors (Lipinski definition) is 3. The summed E-state index contributed by atoms with van der Waals surface area (Å²) in [5.74, 6) is 1.31. The molecule has 1 spiro atoms. The Morgan fingerprint density at radius 1 is 1.46 bits per heavy atom. The summed E-state index contributed by atoms with van der Waals surface area (Å²) in [6.07, 6.45) is 4.25. The van der Waals surface area contributed by atoms with Crippen molar-refractivity contribution in [3.05, 3.63) is 0 Å². The summed E-state index contributed by atoms with van der Waals surface area (Å²) in [5.41, 5.74) is 0. The molecule has 0 aromatic heterocycles. The largest absolute Gasteiger partial charge is 0.301 e. The second-order valence-electron chi connectivity index (χ2n) is 4.73. The highest BCUT2D eigenvalue weighted by Gasteiger charge is 2.48. The molecule has 3 aliphatic rings. The van der Waals surface area contributed by atoms with Crippen LogP contribution in [0, 0.1) is 0 Å². The maximum absolute atomic E-state index is 3.70. The fourth-order valence-electron chi connectivity index (χ4n) is 2.81. The molecule has 0 aromatic rings. The van der Waals surface area contributed by atoms with Crippen molar-refractivity contribution in [2.75, 3.05) is 18.8 Å². The molecule has 2 unspecified atom stereocenters. The maximum atomic E-state index is 3.70. The minimum Gasteiger partial charge on any atom is -0.301 e. The molecule has 3 rings (SSSR count). The summed E-state index contributed by atoms with van der Waals surface area (Å²) in [7, 11) is 0. The van der Waals surface area contributed by atoms with Gasteiger partial charge in [0.15, 0.2) is 0 Å². The van der Waals surface area contributed by atoms with Gasteiger partial charge in [-0.2, -0.15) is 0 Å². The van der Waals surface area contributed by atoms with Crippen LogP contribution in [0.15, 0.2) is 0 Å². The lowest BCUT2D eigenvalue weighted by molar-refractivity contribution is 0.254. The Hall–Kier alpha value is 0.270. The van der Waals surface area contributed by atoms with Crippen LogP contribution in [0.5, 0.6) is 0 Å². The molecule has 0 amide bonds. The highest BCUT2D eigenvalue weighted by Crippen LogP contribution is 2.43. The molecule has 1 aliphatic carbocycles. The summed E-state index contributed by atoms with van der Waals surface area (Å²) in [6, 6.07) is 1.75. The second-order valence-corrected chi connectivity index (χ2v) is 6.20. The molecule has 3 fully saturated rings. The Labute approximate surface area is 84.4 Å². The minimum absolute atomic E-state index is 0.446. The quantitative estimate of drug-likeness (QED) is 0.683. The molecule has 13 heavy (non-hydrogen) atoms. The van der Waals surface area contributed by atoms with Gasteiger partial charge in [0.1, 0.15) is 0 Å². The molecule has 0 bridgehead atoms. The van der Waals surface area contributed by atoms with Crippen molar-refractivity contribution >= 4 is 11.8 Å². The number of thioether (sulfide) groups is 1. The predicted molar refractivity (Wildman–Crippen MR) is 57.0 cm³/mol. The van der Waals surface area contributed by atoms with E-state index in [1.165, 1.54) is 38.1 Å². The van der Waals surface area contributed by atoms with Crippen molar-refractivity contribution in [1.82, 2.24) is 10.2 Å². The third-order valence-corrected chi connectivity index (χ3v) is 4.97. The molecule has 0 aromatic carbocycles. The second kappa shape index (κ2) is 2.88. The first-order valence-corrected chi connectivity index (χ1v) is 6.42. The van der Waals surface area contributed by atoms with Crippen molar-refractivity contribution in [3.8, 4) is 0 Å². The smallest absolute Gasteiger partial charge is 0.0789 e. The van der Waals surface area contributed by atoms with Gasteiger partial charge in [-0.1, -0.05) is 0 Å². The Balaban J connectivity index is 1.73. The van der Waals surface area contributed by atoms with Crippen LogP contribution in [0.4, 0.5) is 0 Å². The Morgan fingerprint density at radius 3 is 2.92 bits per heavy atom. The van der Waals surface area contributed by atoms with Gasteiger partial charge in [-0.05, 0) is 26.2 Å². The first kappa shape index (κ1) is 8.57. The first-order valence-electron chi connectivity index (χ1n) is 5.44. The van der Waals surface area contributed by atoms with Crippen molar-refractivity contribution in [3.63, 3.8) is 0 Å². The van der Waals surface area contributed by atoms with E-state index in [2.05, 4.69) is 28.9 Å². The highest BCUT2D eigenvalue weighted by molar-refractivity contribution is 8.00. The fourth-order valence-corrected chi connectivity index (χ4v) is 4.21. The maximum Gasteiger partial charge on any atom is 0.0789 e. The van der Waals surface area contributed by atoms with Crippen molar-refractivity contribution in [1.29, 1.82) is 0 Å². The zero-order valence-electron chi connectivity index (χ0n) is 8.25. The van der Waals surface area contributed by atoms with E-state index >= 15 is 0 Å². The predicted octanol–water partition coefficient (Wildman–Crippen LogP) is 1.28. The number of likely N-dealkylation sites (tertiary alicyclic amines) is 1. The van der Waals surface area contributed by atoms with Crippen LogP contribution in [0.25, 0.3) is 0 Å². The third kappa shape index (κ3) is 1.41. The van der Waals surface area contributed by atoms with Gasteiger partial charge in [0.05, 0.1) is 4.87 Å². The van der Waals surface area contributed by atoms with E-state index in [4.69, 9.17) is 0 Å². The number of nitrogens with one attached hydrogen (secondary N) is 1. The highest BCUT2D eigenvalue weighted by atomic mass is 32.2. The minimum atomic E-state index is 0.446. The summed E-state index contributed by atoms with van der Waals surface area (Å²) in [5, 5.41) is 3.70. The molecule has 1 N–H and O–H groups in total. The zero-order chi connectivity index (χ0) is 8.89. The average Bonchev–Trinajstić information content (AvgIpc) is 2.78. The van der Waals surface area contributed by atoms with E-state index in [9.17, 15) is 0 Å². The Morgan fingerprint density at radius 2 is 2.31 bits per heavy atom. The van der Waals surface area contributed by atoms with E-state index < -0.39 is 0 Å². The molecule has 3 heteroatoms. The monoisotopic (exact) mass is 198 g/mol. The molecule has 2 saturated heterocycles. The SMILES string of the molecule is CC1CC2(CN1C1CC1)NCCS2. The van der Waals surface area contributed by atoms with Crippen LogP contribution >= 0.6 is 11.8 Å². The van der Waals surface area contributed by atoms with Gasteiger partial charge in [-0.15, -0.1) is 11.8 Å². The molecule has 2 atom stereocenters. The fraction of sp³-hybridized carbons (Fsp3) is 1.00. The Bertz CT molecular complexity index is 209. The van der Waals surface area contributed by atoms with Crippen LogP contribution in [-0.2, 0) is 0 Å². The van der Waals surface area contributed by atoms with Crippen LogP contribution in [0.1, 0.15) is 26.2 Å². The summed E-state index contributed by atoms with van der Waals surface area (Å²) in [6.45, 7) is 4.91. The third-order valence-electron chi connectivity index (χ3n) is 3.57. The summed E-state index contributed by atoms with van der Waals surface area (Å²) < 4.78 is 0. The lowest BCUT2D eigenvalue weighted by atomic mass is 10.2. The van der Waals surface area contributed by atoms with Gasteiger partial charge in [0, 0.05) is 30.9 Å². The molecule has 1 saturated carbocycles. The van der Waals surface area contributed by atoms with Gasteiger partial charge < -0.3 is 5.32 Å². The van der Waals surface area contributed by atoms with Gasteiger partial charge in [-0.25, -0.2) is 0 Å². The van der Waals surface area contributed by atoms with Gasteiger partial charge in [0.2, 0.25) is 0 Å². The lowest BCUT2D eigenvalue weighted by Crippen LogP contribution is -2.40. The molecule has 0 radical (unpaired) electrons. The normalized spacial score (nSPS) is 46.4. The number of rotatable bonds is 1. The Kier molecular flexibility index (Phi) is 1.90. The van der Waals surface area contributed by atoms with Crippen LogP contribution in [-0.4, -0.2) is 40.7 Å². The molecule has 2 aliphatic heterocycles. The summed E-state index contributed by atoms with van der Waals surface area (Å²) in [4.78, 5) is 3.17. The van der Waals surface area contributed by atoms with E-state index in [1.807, 2.05) is 0 Å². The summed E-state index contributed by atoms with van der Waals surface area (Å²) >= 11 is 2.15. The van der Waals surface area contributed by atoms with E-state index in [0.717, 1.165) is 12.1 Å². The standard InChI is InChI=1S/C10H18N2S/c1-8-6-10(11-4-5-13-10)7-12(8)9-2-3-9/h8-9,11H,2-7H2,1H3. The number of hydrogen-bond donors (Lipinski definition) is 1. The topological polar surface area (TPSA) is 15.3 Å². The average molecular weight is 198 g/mol. The zero-order valence-corrected chi connectivity index (χ0v) is 9.07. The van der Waals surface area contributed by atoms with E-state index in [-0.39, 0.29) is 0 Å². The lowest BCUT2D eigenvalue weighted by Gasteiger charge is -2.23. The molecular weight excluding hydrogens is 180 g/mol. The number of nitrogens with zero attached hydrogens (tertiary/aromatic N) is 1. The van der Waals surface area contributed by atoms with Crippen LogP contribution in [0.3, 0.4) is 0 Å². The van der Waals surface area contributed by atoms with Gasteiger partial charge in [0.25, 0.3) is 0 Å². The molecular formula is C10H18N2S. The van der Waals surface area contributed by atoms with Crippen LogP contribution < -0.4 is 5.32 Å². The van der Waals surface area contributed by atoms with Gasteiger partial charge in [-0.3, -0.25) is 4.90 Å². The van der Waals surface area contributed by atoms with Crippen molar-refractivity contribution in [2.45, 2.75) is 43.1 Å².